The molecule has 0 aliphatic heterocycles. The topological polar surface area (TPSA) is 94.5 Å². The van der Waals surface area contributed by atoms with Gasteiger partial charge < -0.3 is 33.7 Å². The van der Waals surface area contributed by atoms with E-state index >= 15 is 0 Å². The summed E-state index contributed by atoms with van der Waals surface area (Å²) in [6.45, 7) is 5.80. The molecule has 1 atom stereocenters. The predicted molar refractivity (Wildman–Crippen MR) is 144 cm³/mol. The van der Waals surface area contributed by atoms with Crippen LogP contribution in [0, 0.1) is 0 Å². The van der Waals surface area contributed by atoms with Crippen molar-refractivity contribution in [2.75, 3.05) is 34.5 Å². The Labute approximate surface area is 228 Å². The number of carbonyl (C=O) groups excluding carboxylic acids is 1. The number of aldehydes is 1. The molecule has 0 spiro atoms. The quantitative estimate of drug-likeness (QED) is 0.292. The zero-order chi connectivity index (χ0) is 27.8. The summed E-state index contributed by atoms with van der Waals surface area (Å²) in [6, 6.07) is 8.74. The molecule has 0 aliphatic rings. The molecule has 0 saturated carbocycles. The standard InChI is InChI=1S/C27H35Cl2NO7/c1-26(2,3)30(25(32)33)16-27(10-7-11-31,19-8-9-20(28)21(29)14-19)17-37-15-18-12-22(34-4)24(36-6)23(13-18)35-5/h8-9,11-14H,7,10,15-17H2,1-6H3,(H,32,33)/t27-/m0/s1. The first-order valence-electron chi connectivity index (χ1n) is 11.7. The second-order valence-electron chi connectivity index (χ2n) is 9.68. The molecule has 0 radical (unpaired) electrons. The number of carbonyl (C=O) groups is 2. The van der Waals surface area contributed by atoms with Gasteiger partial charge in [0.05, 0.1) is 44.6 Å². The Morgan fingerprint density at radius 2 is 1.62 bits per heavy atom. The lowest BCUT2D eigenvalue weighted by atomic mass is 9.76. The van der Waals surface area contributed by atoms with Crippen LogP contribution in [-0.2, 0) is 21.6 Å². The highest BCUT2D eigenvalue weighted by Crippen LogP contribution is 2.39. The molecule has 0 saturated heterocycles. The zero-order valence-electron chi connectivity index (χ0n) is 22.1. The number of halogens is 2. The van der Waals surface area contributed by atoms with Gasteiger partial charge in [0, 0.05) is 23.9 Å². The van der Waals surface area contributed by atoms with Gasteiger partial charge in [-0.25, -0.2) is 4.79 Å². The molecule has 37 heavy (non-hydrogen) atoms. The Morgan fingerprint density at radius 3 is 2.08 bits per heavy atom. The highest BCUT2D eigenvalue weighted by molar-refractivity contribution is 6.42. The predicted octanol–water partition coefficient (Wildman–Crippen LogP) is 6.23. The van der Waals surface area contributed by atoms with Gasteiger partial charge in [0.1, 0.15) is 6.29 Å². The number of hydrogen-bond acceptors (Lipinski definition) is 6. The molecule has 1 amide bonds. The molecule has 2 rings (SSSR count). The maximum absolute atomic E-state index is 12.3. The van der Waals surface area contributed by atoms with Crippen molar-refractivity contribution in [1.82, 2.24) is 4.90 Å². The van der Waals surface area contributed by atoms with E-state index in [0.29, 0.717) is 33.7 Å². The zero-order valence-corrected chi connectivity index (χ0v) is 23.6. The van der Waals surface area contributed by atoms with Crippen molar-refractivity contribution in [1.29, 1.82) is 0 Å². The van der Waals surface area contributed by atoms with E-state index in [9.17, 15) is 14.7 Å². The number of nitrogens with zero attached hydrogens (tertiary/aromatic N) is 1. The van der Waals surface area contributed by atoms with Gasteiger partial charge in [0.2, 0.25) is 5.75 Å². The fourth-order valence-corrected chi connectivity index (χ4v) is 4.45. The van der Waals surface area contributed by atoms with Crippen LogP contribution in [0.25, 0.3) is 0 Å². The maximum Gasteiger partial charge on any atom is 0.407 e. The SMILES string of the molecule is COc1cc(COC[C@](CCC=O)(CN(C(=O)O)C(C)(C)C)c2ccc(Cl)c(Cl)c2)cc(OC)c1OC. The number of methoxy groups -OCH3 is 3. The van der Waals surface area contributed by atoms with Gasteiger partial charge in [-0.05, 0) is 62.6 Å². The van der Waals surface area contributed by atoms with Crippen LogP contribution in [0.1, 0.15) is 44.7 Å². The number of amides is 1. The van der Waals surface area contributed by atoms with Crippen LogP contribution < -0.4 is 14.2 Å². The van der Waals surface area contributed by atoms with Crippen molar-refractivity contribution < 1.29 is 33.6 Å². The second-order valence-corrected chi connectivity index (χ2v) is 10.5. The van der Waals surface area contributed by atoms with Crippen LogP contribution >= 0.6 is 23.2 Å². The lowest BCUT2D eigenvalue weighted by Crippen LogP contribution is -2.53. The summed E-state index contributed by atoms with van der Waals surface area (Å²) in [5.41, 5.74) is -0.102. The molecular weight excluding hydrogens is 521 g/mol. The third-order valence-corrected chi connectivity index (χ3v) is 6.88. The number of benzene rings is 2. The summed E-state index contributed by atoms with van der Waals surface area (Å²) in [5.74, 6) is 1.44. The van der Waals surface area contributed by atoms with Crippen molar-refractivity contribution in [3.63, 3.8) is 0 Å². The average molecular weight is 556 g/mol. The molecule has 2 aromatic carbocycles. The molecule has 0 heterocycles. The highest BCUT2D eigenvalue weighted by atomic mass is 35.5. The molecule has 204 valence electrons. The van der Waals surface area contributed by atoms with Gasteiger partial charge in [-0.15, -0.1) is 0 Å². The molecular formula is C27H35Cl2NO7. The van der Waals surface area contributed by atoms with Crippen molar-refractivity contribution in [2.24, 2.45) is 0 Å². The molecule has 0 unspecified atom stereocenters. The summed E-state index contributed by atoms with van der Waals surface area (Å²) in [5, 5.41) is 10.7. The Balaban J connectivity index is 2.51. The van der Waals surface area contributed by atoms with Crippen LogP contribution in [0.2, 0.25) is 10.0 Å². The number of ether oxygens (including phenoxy) is 4. The lowest BCUT2D eigenvalue weighted by Gasteiger charge is -2.43. The van der Waals surface area contributed by atoms with Gasteiger partial charge in [0.25, 0.3) is 0 Å². The normalized spacial score (nSPS) is 13.0. The van der Waals surface area contributed by atoms with Crippen molar-refractivity contribution >= 4 is 35.6 Å². The first kappa shape index (κ1) is 30.5. The summed E-state index contributed by atoms with van der Waals surface area (Å²) >= 11 is 12.5. The van der Waals surface area contributed by atoms with Crippen LogP contribution in [0.4, 0.5) is 4.79 Å². The van der Waals surface area contributed by atoms with Crippen LogP contribution in [-0.4, -0.2) is 62.4 Å². The first-order chi connectivity index (χ1) is 17.4. The van der Waals surface area contributed by atoms with E-state index in [1.807, 2.05) is 20.8 Å². The Morgan fingerprint density at radius 1 is 1.00 bits per heavy atom. The maximum atomic E-state index is 12.3. The summed E-state index contributed by atoms with van der Waals surface area (Å²) in [6.07, 6.45) is 0.274. The number of carboxylic acid groups (broad SMARTS) is 1. The minimum absolute atomic E-state index is 0.0763. The smallest absolute Gasteiger partial charge is 0.407 e. The Bertz CT molecular complexity index is 1060. The summed E-state index contributed by atoms with van der Waals surface area (Å²) in [7, 11) is 4.59. The Kier molecular flexibility index (Phi) is 10.9. The summed E-state index contributed by atoms with van der Waals surface area (Å²) < 4.78 is 22.5. The molecule has 0 fully saturated rings. The van der Waals surface area contributed by atoms with Gasteiger partial charge in [-0.2, -0.15) is 0 Å². The molecule has 2 aromatic rings. The van der Waals surface area contributed by atoms with E-state index in [1.54, 1.807) is 30.3 Å². The summed E-state index contributed by atoms with van der Waals surface area (Å²) in [4.78, 5) is 25.1. The van der Waals surface area contributed by atoms with E-state index < -0.39 is 17.0 Å². The van der Waals surface area contributed by atoms with Gasteiger partial charge in [0.15, 0.2) is 11.5 Å². The van der Waals surface area contributed by atoms with Gasteiger partial charge >= 0.3 is 6.09 Å². The largest absolute Gasteiger partial charge is 0.493 e. The van der Waals surface area contributed by atoms with E-state index in [1.165, 1.54) is 26.2 Å². The number of rotatable bonds is 13. The van der Waals surface area contributed by atoms with Gasteiger partial charge in [-0.3, -0.25) is 0 Å². The third kappa shape index (κ3) is 7.66. The third-order valence-electron chi connectivity index (χ3n) is 6.15. The lowest BCUT2D eigenvalue weighted by molar-refractivity contribution is -0.108. The number of hydrogen-bond donors (Lipinski definition) is 1. The van der Waals surface area contributed by atoms with Crippen LogP contribution in [0.15, 0.2) is 30.3 Å². The van der Waals surface area contributed by atoms with Crippen molar-refractivity contribution in [3.05, 3.63) is 51.5 Å². The molecule has 0 aliphatic carbocycles. The van der Waals surface area contributed by atoms with Crippen LogP contribution in [0.3, 0.4) is 0 Å². The second kappa shape index (κ2) is 13.2. The Hall–Kier alpha value is -2.68. The average Bonchev–Trinajstić information content (AvgIpc) is 2.85. The van der Waals surface area contributed by atoms with Gasteiger partial charge in [-0.1, -0.05) is 29.3 Å². The monoisotopic (exact) mass is 555 g/mol. The van der Waals surface area contributed by atoms with E-state index in [2.05, 4.69) is 0 Å². The van der Waals surface area contributed by atoms with E-state index in [4.69, 9.17) is 42.1 Å². The molecule has 0 bridgehead atoms. The molecule has 1 N–H and O–H groups in total. The minimum atomic E-state index is -1.08. The fourth-order valence-electron chi connectivity index (χ4n) is 4.15. The highest BCUT2D eigenvalue weighted by Gasteiger charge is 2.40. The first-order valence-corrected chi connectivity index (χ1v) is 12.4. The van der Waals surface area contributed by atoms with Crippen molar-refractivity contribution in [2.45, 2.75) is 51.2 Å². The molecule has 8 nitrogen and oxygen atoms in total. The molecule has 0 aromatic heterocycles. The molecule has 10 heteroatoms. The van der Waals surface area contributed by atoms with Crippen LogP contribution in [0.5, 0.6) is 17.2 Å². The van der Waals surface area contributed by atoms with Crippen molar-refractivity contribution in [3.8, 4) is 17.2 Å². The fraction of sp³-hybridized carbons (Fsp3) is 0.481. The van der Waals surface area contributed by atoms with E-state index in [-0.39, 0.29) is 26.2 Å². The van der Waals surface area contributed by atoms with E-state index in [0.717, 1.165) is 17.4 Å². The minimum Gasteiger partial charge on any atom is -0.493 e.